The van der Waals surface area contributed by atoms with E-state index in [1.165, 1.54) is 12.1 Å². The fourth-order valence-corrected chi connectivity index (χ4v) is 3.66. The Labute approximate surface area is 156 Å². The maximum Gasteiger partial charge on any atom is 0.270 e. The lowest BCUT2D eigenvalue weighted by atomic mass is 10.0. The molecule has 27 heavy (non-hydrogen) atoms. The Balaban J connectivity index is 1.61. The third-order valence-electron chi connectivity index (χ3n) is 4.97. The second-order valence-electron chi connectivity index (χ2n) is 6.72. The number of ether oxygens (including phenoxy) is 2. The molecule has 0 N–H and O–H groups in total. The molecule has 7 nitrogen and oxygen atoms in total. The number of carbonyl (C=O) groups excluding carboxylic acids is 1. The summed E-state index contributed by atoms with van der Waals surface area (Å²) in [4.78, 5) is 25.3. The van der Waals surface area contributed by atoms with Crippen LogP contribution in [0.25, 0.3) is 0 Å². The fourth-order valence-electron chi connectivity index (χ4n) is 3.66. The Morgan fingerprint density at radius 3 is 2.70 bits per heavy atom. The molecular formula is C20H20N2O5. The number of nitro benzene ring substituents is 1. The molecule has 0 spiro atoms. The Morgan fingerprint density at radius 2 is 1.89 bits per heavy atom. The Kier molecular flexibility index (Phi) is 4.66. The molecule has 2 aromatic rings. The zero-order valence-corrected chi connectivity index (χ0v) is 14.8. The van der Waals surface area contributed by atoms with Crippen molar-refractivity contribution in [3.8, 4) is 11.5 Å². The topological polar surface area (TPSA) is 81.9 Å². The Morgan fingerprint density at radius 1 is 1.07 bits per heavy atom. The summed E-state index contributed by atoms with van der Waals surface area (Å²) in [5.74, 6) is 1.25. The molecule has 1 saturated heterocycles. The largest absolute Gasteiger partial charge is 0.490 e. The summed E-state index contributed by atoms with van der Waals surface area (Å²) in [7, 11) is 0. The molecule has 0 radical (unpaired) electrons. The number of non-ortho nitro benzene ring substituents is 1. The molecular weight excluding hydrogens is 348 g/mol. The lowest BCUT2D eigenvalue weighted by Gasteiger charge is -2.25. The van der Waals surface area contributed by atoms with Gasteiger partial charge in [0.15, 0.2) is 11.5 Å². The first-order chi connectivity index (χ1) is 13.1. The van der Waals surface area contributed by atoms with Gasteiger partial charge in [0.1, 0.15) is 0 Å². The number of fused-ring (bicyclic) bond motifs is 1. The van der Waals surface area contributed by atoms with Crippen LogP contribution in [0.15, 0.2) is 42.5 Å². The SMILES string of the molecule is O=C(c1cccc([N+](=O)[O-])c1)N1CCC[C@@H]1c1ccc2c(c1)OCCCO2. The molecule has 0 unspecified atom stereocenters. The number of rotatable bonds is 3. The zero-order valence-electron chi connectivity index (χ0n) is 14.8. The molecule has 0 aromatic heterocycles. The first-order valence-corrected chi connectivity index (χ1v) is 9.08. The van der Waals surface area contributed by atoms with Gasteiger partial charge in [-0.1, -0.05) is 12.1 Å². The molecule has 1 fully saturated rings. The van der Waals surface area contributed by atoms with E-state index in [9.17, 15) is 14.9 Å². The van der Waals surface area contributed by atoms with Crippen molar-refractivity contribution in [1.29, 1.82) is 0 Å². The molecule has 2 aliphatic rings. The molecule has 1 amide bonds. The van der Waals surface area contributed by atoms with Crippen molar-refractivity contribution in [2.45, 2.75) is 25.3 Å². The number of hydrogen-bond acceptors (Lipinski definition) is 5. The lowest BCUT2D eigenvalue weighted by Crippen LogP contribution is -2.30. The standard InChI is InChI=1S/C20H20N2O5/c23-20(15-4-1-5-16(12-15)22(24)25)21-9-2-6-17(21)14-7-8-18-19(13-14)27-11-3-10-26-18/h1,4-5,7-8,12-13,17H,2-3,6,9-11H2/t17-/m1/s1. The molecule has 7 heteroatoms. The van der Waals surface area contributed by atoms with Crippen LogP contribution in [0.2, 0.25) is 0 Å². The maximum atomic E-state index is 13.0. The summed E-state index contributed by atoms with van der Waals surface area (Å²) in [6.07, 6.45) is 2.57. The van der Waals surface area contributed by atoms with Crippen LogP contribution in [0, 0.1) is 10.1 Å². The summed E-state index contributed by atoms with van der Waals surface area (Å²) >= 11 is 0. The lowest BCUT2D eigenvalue weighted by molar-refractivity contribution is -0.384. The molecule has 2 heterocycles. The molecule has 0 bridgehead atoms. The van der Waals surface area contributed by atoms with Crippen LogP contribution in [0.5, 0.6) is 11.5 Å². The molecule has 1 atom stereocenters. The zero-order chi connectivity index (χ0) is 18.8. The van der Waals surface area contributed by atoms with E-state index >= 15 is 0 Å². The third-order valence-corrected chi connectivity index (χ3v) is 4.97. The van der Waals surface area contributed by atoms with Crippen LogP contribution in [0.4, 0.5) is 5.69 Å². The van der Waals surface area contributed by atoms with Crippen molar-refractivity contribution >= 4 is 11.6 Å². The Bertz CT molecular complexity index is 882. The average molecular weight is 368 g/mol. The van der Waals surface area contributed by atoms with Gasteiger partial charge in [0, 0.05) is 30.7 Å². The van der Waals surface area contributed by atoms with Crippen molar-refractivity contribution in [2.75, 3.05) is 19.8 Å². The van der Waals surface area contributed by atoms with E-state index < -0.39 is 4.92 Å². The van der Waals surface area contributed by atoms with E-state index in [1.54, 1.807) is 17.0 Å². The summed E-state index contributed by atoms with van der Waals surface area (Å²) in [5, 5.41) is 11.0. The van der Waals surface area contributed by atoms with E-state index in [1.807, 2.05) is 18.2 Å². The van der Waals surface area contributed by atoms with Gasteiger partial charge in [0.2, 0.25) is 0 Å². The molecule has 2 aromatic carbocycles. The number of hydrogen-bond donors (Lipinski definition) is 0. The summed E-state index contributed by atoms with van der Waals surface area (Å²) in [5.41, 5.74) is 1.26. The molecule has 0 saturated carbocycles. The fraction of sp³-hybridized carbons (Fsp3) is 0.350. The van der Waals surface area contributed by atoms with Crippen LogP contribution >= 0.6 is 0 Å². The number of amides is 1. The monoisotopic (exact) mass is 368 g/mol. The Hall–Kier alpha value is -3.09. The minimum Gasteiger partial charge on any atom is -0.490 e. The van der Waals surface area contributed by atoms with Crippen molar-refractivity contribution in [1.82, 2.24) is 4.90 Å². The van der Waals surface area contributed by atoms with Gasteiger partial charge in [-0.05, 0) is 36.6 Å². The van der Waals surface area contributed by atoms with Crippen LogP contribution in [-0.4, -0.2) is 35.5 Å². The van der Waals surface area contributed by atoms with Crippen LogP contribution in [-0.2, 0) is 0 Å². The van der Waals surface area contributed by atoms with Crippen molar-refractivity contribution < 1.29 is 19.2 Å². The van der Waals surface area contributed by atoms with Gasteiger partial charge in [-0.15, -0.1) is 0 Å². The molecule has 2 aliphatic heterocycles. The maximum absolute atomic E-state index is 13.0. The van der Waals surface area contributed by atoms with Crippen LogP contribution in [0.1, 0.15) is 41.2 Å². The van der Waals surface area contributed by atoms with E-state index in [0.717, 1.165) is 30.6 Å². The van der Waals surface area contributed by atoms with Gasteiger partial charge in [-0.3, -0.25) is 14.9 Å². The third kappa shape index (κ3) is 3.45. The predicted molar refractivity (Wildman–Crippen MR) is 98.2 cm³/mol. The van der Waals surface area contributed by atoms with Crippen molar-refractivity contribution in [3.63, 3.8) is 0 Å². The minimum atomic E-state index is -0.484. The summed E-state index contributed by atoms with van der Waals surface area (Å²) < 4.78 is 11.4. The smallest absolute Gasteiger partial charge is 0.270 e. The van der Waals surface area contributed by atoms with Crippen molar-refractivity contribution in [2.24, 2.45) is 0 Å². The molecule has 140 valence electrons. The van der Waals surface area contributed by atoms with Gasteiger partial charge in [-0.2, -0.15) is 0 Å². The van der Waals surface area contributed by atoms with Gasteiger partial charge in [0.05, 0.1) is 24.2 Å². The van der Waals surface area contributed by atoms with E-state index in [-0.39, 0.29) is 17.6 Å². The van der Waals surface area contributed by atoms with E-state index in [0.29, 0.717) is 31.1 Å². The number of likely N-dealkylation sites (tertiary alicyclic amines) is 1. The number of nitrogens with zero attached hydrogens (tertiary/aromatic N) is 2. The summed E-state index contributed by atoms with van der Waals surface area (Å²) in [6, 6.07) is 11.6. The highest BCUT2D eigenvalue weighted by Gasteiger charge is 2.31. The van der Waals surface area contributed by atoms with Crippen LogP contribution in [0.3, 0.4) is 0 Å². The highest BCUT2D eigenvalue weighted by molar-refractivity contribution is 5.95. The molecule has 4 rings (SSSR count). The normalized spacial score (nSPS) is 18.8. The predicted octanol–water partition coefficient (Wildman–Crippen LogP) is 3.73. The van der Waals surface area contributed by atoms with Crippen molar-refractivity contribution in [3.05, 3.63) is 63.7 Å². The van der Waals surface area contributed by atoms with Gasteiger partial charge >= 0.3 is 0 Å². The minimum absolute atomic E-state index is 0.0751. The average Bonchev–Trinajstić information content (AvgIpc) is 3.06. The highest BCUT2D eigenvalue weighted by atomic mass is 16.6. The summed E-state index contributed by atoms with van der Waals surface area (Å²) in [6.45, 7) is 1.87. The van der Waals surface area contributed by atoms with Gasteiger partial charge in [0.25, 0.3) is 11.6 Å². The second kappa shape index (κ2) is 7.26. The first-order valence-electron chi connectivity index (χ1n) is 9.08. The van der Waals surface area contributed by atoms with Crippen LogP contribution < -0.4 is 9.47 Å². The van der Waals surface area contributed by atoms with E-state index in [2.05, 4.69) is 0 Å². The highest BCUT2D eigenvalue weighted by Crippen LogP contribution is 2.38. The second-order valence-corrected chi connectivity index (χ2v) is 6.72. The number of carbonyl (C=O) groups is 1. The first kappa shape index (κ1) is 17.3. The van der Waals surface area contributed by atoms with Gasteiger partial charge in [-0.25, -0.2) is 0 Å². The number of nitro groups is 1. The van der Waals surface area contributed by atoms with E-state index in [4.69, 9.17) is 9.47 Å². The number of benzene rings is 2. The van der Waals surface area contributed by atoms with Gasteiger partial charge < -0.3 is 14.4 Å². The quantitative estimate of drug-likeness (QED) is 0.609. The molecule has 0 aliphatic carbocycles.